The molecule has 2 aromatic rings. The summed E-state index contributed by atoms with van der Waals surface area (Å²) in [5.41, 5.74) is 0.285. The van der Waals surface area contributed by atoms with Crippen molar-refractivity contribution in [2.75, 3.05) is 12.4 Å². The number of nitrogens with one attached hydrogen (secondary N) is 1. The van der Waals surface area contributed by atoms with E-state index in [2.05, 4.69) is 11.4 Å². The molecule has 2 fully saturated rings. The predicted octanol–water partition coefficient (Wildman–Crippen LogP) is 6.95. The van der Waals surface area contributed by atoms with Gasteiger partial charge in [0, 0.05) is 18.7 Å². The Bertz CT molecular complexity index is 1200. The van der Waals surface area contributed by atoms with Gasteiger partial charge in [0.2, 0.25) is 5.91 Å². The van der Waals surface area contributed by atoms with E-state index in [1.165, 1.54) is 17.0 Å². The molecule has 0 heterocycles. The Balaban J connectivity index is 1.54. The molecule has 4 rings (SSSR count). The maximum Gasteiger partial charge on any atom is 0.256 e. The van der Waals surface area contributed by atoms with E-state index in [1.54, 1.807) is 25.2 Å². The second-order valence-electron chi connectivity index (χ2n) is 8.12. The number of halogens is 6. The van der Waals surface area contributed by atoms with Gasteiger partial charge < -0.3 is 10.2 Å². The van der Waals surface area contributed by atoms with E-state index in [9.17, 15) is 14.9 Å². The number of carbonyl (C=O) groups is 2. The highest BCUT2D eigenvalue weighted by molar-refractivity contribution is 6.54. The van der Waals surface area contributed by atoms with Crippen LogP contribution in [0, 0.1) is 17.2 Å². The van der Waals surface area contributed by atoms with E-state index in [1.807, 2.05) is 0 Å². The standard InChI is InChI=1S/C22H15Cl6N3O2/c1-31(21(9-29)4-5-21)20(33)12-8-11(2-3-13(12)23)30-19(32)17-16(22(17,27)28)10-6-14(24)18(26)15(25)7-10/h2-3,6-8,16-17H,4-5H2,1H3,(H,30,32)/t16-,17+/m1/s1. The van der Waals surface area contributed by atoms with Gasteiger partial charge in [0.1, 0.15) is 9.87 Å². The number of carbonyl (C=O) groups excluding carboxylic acids is 2. The Labute approximate surface area is 220 Å². The highest BCUT2D eigenvalue weighted by atomic mass is 35.5. The molecule has 5 nitrogen and oxygen atoms in total. The third-order valence-corrected chi connectivity index (χ3v) is 8.51. The Kier molecular flexibility index (Phi) is 6.50. The lowest BCUT2D eigenvalue weighted by Crippen LogP contribution is -2.38. The van der Waals surface area contributed by atoms with Gasteiger partial charge >= 0.3 is 0 Å². The molecule has 1 N–H and O–H groups in total. The molecule has 2 aliphatic rings. The third-order valence-electron chi connectivity index (χ3n) is 6.04. The van der Waals surface area contributed by atoms with Crippen LogP contribution < -0.4 is 5.32 Å². The van der Waals surface area contributed by atoms with Crippen LogP contribution in [0.5, 0.6) is 0 Å². The van der Waals surface area contributed by atoms with Crippen LogP contribution in [-0.2, 0) is 4.79 Å². The molecule has 2 aliphatic carbocycles. The van der Waals surface area contributed by atoms with E-state index in [4.69, 9.17) is 69.6 Å². The molecular formula is C22H15Cl6N3O2. The predicted molar refractivity (Wildman–Crippen MR) is 132 cm³/mol. The number of rotatable bonds is 5. The molecule has 2 atom stereocenters. The highest BCUT2D eigenvalue weighted by Crippen LogP contribution is 2.65. The van der Waals surface area contributed by atoms with E-state index in [0.717, 1.165) is 0 Å². The molecule has 2 aromatic carbocycles. The van der Waals surface area contributed by atoms with Crippen molar-refractivity contribution < 1.29 is 9.59 Å². The maximum atomic E-state index is 13.0. The summed E-state index contributed by atoms with van der Waals surface area (Å²) >= 11 is 37.3. The topological polar surface area (TPSA) is 73.2 Å². The molecule has 2 amide bonds. The number of hydrogen-bond donors (Lipinski definition) is 1. The van der Waals surface area contributed by atoms with Gasteiger partial charge in [-0.3, -0.25) is 9.59 Å². The molecule has 2 saturated carbocycles. The number of anilines is 1. The Hall–Kier alpha value is -1.39. The van der Waals surface area contributed by atoms with Gasteiger partial charge in [-0.1, -0.05) is 46.4 Å². The van der Waals surface area contributed by atoms with E-state index in [-0.39, 0.29) is 25.7 Å². The molecule has 0 bridgehead atoms. The molecule has 0 unspecified atom stereocenters. The minimum absolute atomic E-state index is 0.171. The van der Waals surface area contributed by atoms with E-state index >= 15 is 0 Å². The van der Waals surface area contributed by atoms with Gasteiger partial charge in [-0.15, -0.1) is 23.2 Å². The second-order valence-corrected chi connectivity index (χ2v) is 11.2. The van der Waals surface area contributed by atoms with Crippen LogP contribution in [-0.4, -0.2) is 33.6 Å². The van der Waals surface area contributed by atoms with Crippen molar-refractivity contribution in [3.8, 4) is 6.07 Å². The third kappa shape index (κ3) is 4.38. The Morgan fingerprint density at radius 1 is 1.06 bits per heavy atom. The molecule has 11 heteroatoms. The normalized spacial score (nSPS) is 21.6. The van der Waals surface area contributed by atoms with Gasteiger partial charge in [0.05, 0.1) is 37.6 Å². The molecule has 0 saturated heterocycles. The van der Waals surface area contributed by atoms with Crippen LogP contribution in [0.4, 0.5) is 5.69 Å². The zero-order valence-electron chi connectivity index (χ0n) is 16.9. The minimum atomic E-state index is -1.37. The average molecular weight is 566 g/mol. The maximum absolute atomic E-state index is 13.0. The summed E-state index contributed by atoms with van der Waals surface area (Å²) < 4.78 is -1.37. The van der Waals surface area contributed by atoms with Crippen molar-refractivity contribution in [2.45, 2.75) is 28.6 Å². The van der Waals surface area contributed by atoms with Crippen molar-refractivity contribution in [1.82, 2.24) is 4.90 Å². The molecule has 0 aromatic heterocycles. The number of nitriles is 1. The average Bonchev–Trinajstić information content (AvgIpc) is 3.66. The number of benzene rings is 2. The first kappa shape index (κ1) is 24.7. The fourth-order valence-electron chi connectivity index (χ4n) is 3.82. The summed E-state index contributed by atoms with van der Waals surface area (Å²) in [4.78, 5) is 27.3. The van der Waals surface area contributed by atoms with E-state index in [0.29, 0.717) is 24.1 Å². The van der Waals surface area contributed by atoms with E-state index < -0.39 is 33.5 Å². The largest absolute Gasteiger partial charge is 0.326 e. The van der Waals surface area contributed by atoms with Crippen LogP contribution >= 0.6 is 69.6 Å². The van der Waals surface area contributed by atoms with Gasteiger partial charge in [0.25, 0.3) is 5.91 Å². The molecule has 0 radical (unpaired) electrons. The molecule has 0 spiro atoms. The zero-order chi connectivity index (χ0) is 24.3. The highest BCUT2D eigenvalue weighted by Gasteiger charge is 2.67. The number of alkyl halides is 2. The van der Waals surface area contributed by atoms with Crippen molar-refractivity contribution in [2.24, 2.45) is 5.92 Å². The minimum Gasteiger partial charge on any atom is -0.326 e. The zero-order valence-corrected chi connectivity index (χ0v) is 21.5. The van der Waals surface area contributed by atoms with Gasteiger partial charge in [-0.2, -0.15) is 5.26 Å². The summed E-state index contributed by atoms with van der Waals surface area (Å²) in [6.07, 6.45) is 1.21. The molecule has 0 aliphatic heterocycles. The molecule has 172 valence electrons. The number of amides is 2. The Morgan fingerprint density at radius 3 is 2.21 bits per heavy atom. The number of nitrogens with zero attached hydrogens (tertiary/aromatic N) is 2. The summed E-state index contributed by atoms with van der Waals surface area (Å²) in [7, 11) is 1.56. The van der Waals surface area contributed by atoms with Crippen LogP contribution in [0.2, 0.25) is 20.1 Å². The SMILES string of the molecule is CN(C(=O)c1cc(NC(=O)[C@@H]2[C@@H](c3cc(Cl)c(Cl)c(Cl)c3)C2(Cl)Cl)ccc1Cl)C1(C#N)CC1. The lowest BCUT2D eigenvalue weighted by molar-refractivity contribution is -0.117. The van der Waals surface area contributed by atoms with Crippen LogP contribution in [0.15, 0.2) is 30.3 Å². The van der Waals surface area contributed by atoms with Crippen molar-refractivity contribution >= 4 is 87.1 Å². The quantitative estimate of drug-likeness (QED) is 0.315. The van der Waals surface area contributed by atoms with Crippen LogP contribution in [0.25, 0.3) is 0 Å². The Morgan fingerprint density at radius 2 is 1.67 bits per heavy atom. The van der Waals surface area contributed by atoms with Gasteiger partial charge in [0.15, 0.2) is 0 Å². The lowest BCUT2D eigenvalue weighted by Gasteiger charge is -2.23. The van der Waals surface area contributed by atoms with Crippen molar-refractivity contribution in [3.63, 3.8) is 0 Å². The second kappa shape index (κ2) is 8.68. The number of hydrogen-bond acceptors (Lipinski definition) is 3. The van der Waals surface area contributed by atoms with Crippen molar-refractivity contribution in [1.29, 1.82) is 5.26 Å². The first-order valence-electron chi connectivity index (χ1n) is 9.75. The first-order chi connectivity index (χ1) is 15.4. The first-order valence-corrected chi connectivity index (χ1v) is 12.0. The summed E-state index contributed by atoms with van der Waals surface area (Å²) in [5, 5.41) is 13.0. The fourth-order valence-corrected chi connectivity index (χ4v) is 5.46. The summed E-state index contributed by atoms with van der Waals surface area (Å²) in [6, 6.07) is 9.84. The lowest BCUT2D eigenvalue weighted by atomic mass is 10.1. The monoisotopic (exact) mass is 563 g/mol. The smallest absolute Gasteiger partial charge is 0.256 e. The van der Waals surface area contributed by atoms with Crippen LogP contribution in [0.1, 0.15) is 34.7 Å². The van der Waals surface area contributed by atoms with Gasteiger partial charge in [-0.25, -0.2) is 0 Å². The molecule has 33 heavy (non-hydrogen) atoms. The van der Waals surface area contributed by atoms with Crippen LogP contribution in [0.3, 0.4) is 0 Å². The fraction of sp³-hybridized carbons (Fsp3) is 0.318. The summed E-state index contributed by atoms with van der Waals surface area (Å²) in [5.74, 6) is -2.20. The van der Waals surface area contributed by atoms with Gasteiger partial charge in [-0.05, 0) is 48.7 Å². The molecular weight excluding hydrogens is 551 g/mol. The van der Waals surface area contributed by atoms with Crippen molar-refractivity contribution in [3.05, 3.63) is 61.5 Å². The summed E-state index contributed by atoms with van der Waals surface area (Å²) in [6.45, 7) is 0.